The molecule has 0 bridgehead atoms. The Balaban J connectivity index is 1.95. The second-order valence-corrected chi connectivity index (χ2v) is 6.15. The lowest BCUT2D eigenvalue weighted by atomic mass is 10.2. The maximum Gasteiger partial charge on any atom is 0.191 e. The number of phenolic OH excluding ortho intramolecular Hbond substituents is 1. The summed E-state index contributed by atoms with van der Waals surface area (Å²) in [5.74, 6) is 2.69. The molecule has 0 saturated heterocycles. The molecule has 0 amide bonds. The van der Waals surface area contributed by atoms with Crippen LogP contribution in [0.2, 0.25) is 0 Å². The Hall–Kier alpha value is -3.09. The van der Waals surface area contributed by atoms with Crippen LogP contribution in [0.3, 0.4) is 0 Å². The Morgan fingerprint density at radius 2 is 1.82 bits per heavy atom. The van der Waals surface area contributed by atoms with Crippen LogP contribution in [0.25, 0.3) is 0 Å². The predicted octanol–water partition coefficient (Wildman–Crippen LogP) is 2.93. The minimum absolute atomic E-state index is 0.0822. The van der Waals surface area contributed by atoms with Crippen molar-refractivity contribution < 1.29 is 19.3 Å². The van der Waals surface area contributed by atoms with E-state index in [9.17, 15) is 5.11 Å². The Bertz CT molecular complexity index is 780. The summed E-state index contributed by atoms with van der Waals surface area (Å²) in [4.78, 5) is 4.53. The van der Waals surface area contributed by atoms with Crippen molar-refractivity contribution in [3.63, 3.8) is 0 Å². The van der Waals surface area contributed by atoms with Gasteiger partial charge in [-0.05, 0) is 32.0 Å². The van der Waals surface area contributed by atoms with Crippen molar-refractivity contribution in [1.29, 1.82) is 0 Å². The maximum atomic E-state index is 10.2. The number of ether oxygens (including phenoxy) is 3. The van der Waals surface area contributed by atoms with Crippen LogP contribution in [0.15, 0.2) is 47.5 Å². The van der Waals surface area contributed by atoms with Crippen molar-refractivity contribution in [3.8, 4) is 23.0 Å². The zero-order valence-electron chi connectivity index (χ0n) is 16.9. The number of guanidine groups is 1. The molecule has 0 heterocycles. The fourth-order valence-electron chi connectivity index (χ4n) is 2.55. The van der Waals surface area contributed by atoms with Gasteiger partial charge in [-0.2, -0.15) is 0 Å². The summed E-state index contributed by atoms with van der Waals surface area (Å²) in [7, 11) is 3.15. The predicted molar refractivity (Wildman–Crippen MR) is 111 cm³/mol. The molecule has 7 heteroatoms. The zero-order valence-corrected chi connectivity index (χ0v) is 16.9. The third-order valence-electron chi connectivity index (χ3n) is 3.99. The van der Waals surface area contributed by atoms with Gasteiger partial charge in [-0.25, -0.2) is 4.99 Å². The topological polar surface area (TPSA) is 84.3 Å². The van der Waals surface area contributed by atoms with Gasteiger partial charge >= 0.3 is 0 Å². The first-order valence-electron chi connectivity index (χ1n) is 9.25. The fraction of sp³-hybridized carbons (Fsp3) is 0.381. The number of hydrogen-bond donors (Lipinski definition) is 3. The number of para-hydroxylation sites is 1. The van der Waals surface area contributed by atoms with Gasteiger partial charge in [-0.3, -0.25) is 0 Å². The summed E-state index contributed by atoms with van der Waals surface area (Å²) < 4.78 is 16.3. The summed E-state index contributed by atoms with van der Waals surface area (Å²) in [6.45, 7) is 5.58. The van der Waals surface area contributed by atoms with Crippen LogP contribution >= 0.6 is 0 Å². The van der Waals surface area contributed by atoms with Crippen molar-refractivity contribution in [2.75, 3.05) is 27.3 Å². The average Bonchev–Trinajstić information content (AvgIpc) is 2.71. The van der Waals surface area contributed by atoms with Crippen LogP contribution in [-0.4, -0.2) is 44.5 Å². The quantitative estimate of drug-likeness (QED) is 0.453. The molecular formula is C21H29N3O4. The molecule has 0 spiro atoms. The lowest BCUT2D eigenvalue weighted by Gasteiger charge is -2.18. The number of aliphatic imine (C=N–C) groups is 1. The maximum absolute atomic E-state index is 10.2. The summed E-state index contributed by atoms with van der Waals surface area (Å²) in [6.07, 6.45) is -0.0822. The molecule has 2 aromatic rings. The number of phenols is 1. The molecule has 1 unspecified atom stereocenters. The van der Waals surface area contributed by atoms with Crippen molar-refractivity contribution >= 4 is 5.96 Å². The zero-order chi connectivity index (χ0) is 20.4. The Labute approximate surface area is 166 Å². The van der Waals surface area contributed by atoms with Crippen LogP contribution in [0, 0.1) is 0 Å². The Morgan fingerprint density at radius 3 is 2.54 bits per heavy atom. The molecule has 2 rings (SSSR count). The fourth-order valence-corrected chi connectivity index (χ4v) is 2.55. The second-order valence-electron chi connectivity index (χ2n) is 6.15. The normalized spacial score (nSPS) is 12.2. The van der Waals surface area contributed by atoms with Crippen LogP contribution < -0.4 is 24.8 Å². The van der Waals surface area contributed by atoms with E-state index >= 15 is 0 Å². The van der Waals surface area contributed by atoms with Crippen LogP contribution in [-0.2, 0) is 6.54 Å². The molecule has 2 aromatic carbocycles. The average molecular weight is 387 g/mol. The Kier molecular flexibility index (Phi) is 8.27. The molecule has 152 valence electrons. The van der Waals surface area contributed by atoms with Gasteiger partial charge in [0.25, 0.3) is 0 Å². The van der Waals surface area contributed by atoms with Crippen molar-refractivity contribution in [3.05, 3.63) is 48.0 Å². The molecule has 0 aliphatic carbocycles. The largest absolute Gasteiger partial charge is 0.504 e. The van der Waals surface area contributed by atoms with Crippen molar-refractivity contribution in [1.82, 2.24) is 10.6 Å². The van der Waals surface area contributed by atoms with Gasteiger partial charge in [0.05, 0.1) is 27.3 Å². The second kappa shape index (κ2) is 10.9. The van der Waals surface area contributed by atoms with Crippen LogP contribution in [0.1, 0.15) is 19.4 Å². The van der Waals surface area contributed by atoms with Gasteiger partial charge in [0.2, 0.25) is 0 Å². The first kappa shape index (κ1) is 21.2. The molecule has 0 aromatic heterocycles. The SMILES string of the molecule is CCNC(=NCc1cccc(OC)c1O)NCC(C)Oc1cccc(OC)c1. The first-order valence-corrected chi connectivity index (χ1v) is 9.25. The van der Waals surface area contributed by atoms with Crippen LogP contribution in [0.4, 0.5) is 0 Å². The van der Waals surface area contributed by atoms with Gasteiger partial charge in [0, 0.05) is 18.2 Å². The third kappa shape index (κ3) is 6.26. The van der Waals surface area contributed by atoms with Gasteiger partial charge < -0.3 is 30.0 Å². The van der Waals surface area contributed by atoms with Crippen LogP contribution in [0.5, 0.6) is 23.0 Å². The number of hydrogen-bond acceptors (Lipinski definition) is 5. The summed E-state index contributed by atoms with van der Waals surface area (Å²) in [5.41, 5.74) is 0.692. The minimum Gasteiger partial charge on any atom is -0.504 e. The molecule has 0 radical (unpaired) electrons. The van der Waals surface area contributed by atoms with E-state index in [1.807, 2.05) is 50.2 Å². The summed E-state index contributed by atoms with van der Waals surface area (Å²) in [5, 5.41) is 16.6. The third-order valence-corrected chi connectivity index (χ3v) is 3.99. The molecule has 3 N–H and O–H groups in total. The summed E-state index contributed by atoms with van der Waals surface area (Å²) in [6, 6.07) is 12.9. The van der Waals surface area contributed by atoms with E-state index in [4.69, 9.17) is 14.2 Å². The Morgan fingerprint density at radius 1 is 1.07 bits per heavy atom. The first-order chi connectivity index (χ1) is 13.6. The molecule has 0 saturated carbocycles. The van der Waals surface area contributed by atoms with Gasteiger partial charge in [0.1, 0.15) is 17.6 Å². The van der Waals surface area contributed by atoms with Gasteiger partial charge in [-0.15, -0.1) is 0 Å². The standard InChI is InChI=1S/C21H29N3O4/c1-5-22-21(24-14-16-8-6-11-19(27-4)20(16)25)23-13-15(2)28-18-10-7-9-17(12-18)26-3/h6-12,15,25H,5,13-14H2,1-4H3,(H2,22,23,24). The highest BCUT2D eigenvalue weighted by atomic mass is 16.5. The monoisotopic (exact) mass is 387 g/mol. The molecule has 7 nitrogen and oxygen atoms in total. The summed E-state index contributed by atoms with van der Waals surface area (Å²) >= 11 is 0. The molecule has 0 aliphatic heterocycles. The highest BCUT2D eigenvalue weighted by molar-refractivity contribution is 5.79. The number of rotatable bonds is 9. The van der Waals surface area contributed by atoms with E-state index in [2.05, 4.69) is 15.6 Å². The lowest BCUT2D eigenvalue weighted by molar-refractivity contribution is 0.223. The molecule has 0 fully saturated rings. The highest BCUT2D eigenvalue weighted by Gasteiger charge is 2.09. The molecule has 0 aliphatic rings. The number of nitrogens with zero attached hydrogens (tertiary/aromatic N) is 1. The number of benzene rings is 2. The van der Waals surface area contributed by atoms with E-state index < -0.39 is 0 Å². The molecule has 1 atom stereocenters. The smallest absolute Gasteiger partial charge is 0.191 e. The van der Waals surface area contributed by atoms with E-state index in [1.165, 1.54) is 7.11 Å². The van der Waals surface area contributed by atoms with Crippen molar-refractivity contribution in [2.45, 2.75) is 26.5 Å². The number of aromatic hydroxyl groups is 1. The van der Waals surface area contributed by atoms with E-state index in [0.29, 0.717) is 30.4 Å². The van der Waals surface area contributed by atoms with E-state index in [-0.39, 0.29) is 11.9 Å². The number of methoxy groups -OCH3 is 2. The van der Waals surface area contributed by atoms with E-state index in [0.717, 1.165) is 18.0 Å². The minimum atomic E-state index is -0.0822. The highest BCUT2D eigenvalue weighted by Crippen LogP contribution is 2.29. The van der Waals surface area contributed by atoms with Gasteiger partial charge in [0.15, 0.2) is 17.5 Å². The molecule has 28 heavy (non-hydrogen) atoms. The van der Waals surface area contributed by atoms with Gasteiger partial charge in [-0.1, -0.05) is 18.2 Å². The number of nitrogens with one attached hydrogen (secondary N) is 2. The lowest BCUT2D eigenvalue weighted by Crippen LogP contribution is -2.41. The molecular weight excluding hydrogens is 358 g/mol. The van der Waals surface area contributed by atoms with Crippen molar-refractivity contribution in [2.24, 2.45) is 4.99 Å². The van der Waals surface area contributed by atoms with E-state index in [1.54, 1.807) is 13.2 Å².